The molecule has 0 radical (unpaired) electrons. The summed E-state index contributed by atoms with van der Waals surface area (Å²) < 4.78 is 0. The minimum absolute atomic E-state index is 0.133. The molecular weight excluding hydrogens is 342 g/mol. The van der Waals surface area contributed by atoms with Crippen LogP contribution in [-0.2, 0) is 10.5 Å². The molecule has 26 heavy (non-hydrogen) atoms. The first-order valence-corrected chi connectivity index (χ1v) is 10.4. The average molecular weight is 370 g/mol. The Morgan fingerprint density at radius 1 is 0.923 bits per heavy atom. The third-order valence-electron chi connectivity index (χ3n) is 4.59. The van der Waals surface area contributed by atoms with Gasteiger partial charge in [0.05, 0.1) is 5.75 Å². The molecule has 138 valence electrons. The third kappa shape index (κ3) is 6.07. The number of piperazine rings is 1. The Morgan fingerprint density at radius 2 is 1.58 bits per heavy atom. The molecule has 1 N–H and O–H groups in total. The molecule has 0 spiro atoms. The van der Waals surface area contributed by atoms with Gasteiger partial charge in [0, 0.05) is 50.7 Å². The summed E-state index contributed by atoms with van der Waals surface area (Å²) in [7, 11) is 0. The van der Waals surface area contributed by atoms with Gasteiger partial charge in [-0.1, -0.05) is 48.5 Å². The van der Waals surface area contributed by atoms with E-state index in [1.807, 2.05) is 18.2 Å². The predicted octanol–water partition coefficient (Wildman–Crippen LogP) is 2.86. The first kappa shape index (κ1) is 18.8. The summed E-state index contributed by atoms with van der Waals surface area (Å²) in [6.07, 6.45) is 0. The fourth-order valence-corrected chi connectivity index (χ4v) is 3.93. The second-order valence-corrected chi connectivity index (χ2v) is 7.48. The fraction of sp³-hybridized carbons (Fsp3) is 0.381. The molecule has 0 aromatic heterocycles. The van der Waals surface area contributed by atoms with E-state index in [0.717, 1.165) is 45.0 Å². The second-order valence-electron chi connectivity index (χ2n) is 6.49. The number of benzene rings is 2. The van der Waals surface area contributed by atoms with E-state index in [1.165, 1.54) is 11.3 Å². The van der Waals surface area contributed by atoms with E-state index in [1.54, 1.807) is 11.8 Å². The van der Waals surface area contributed by atoms with Gasteiger partial charge < -0.3 is 10.2 Å². The summed E-state index contributed by atoms with van der Waals surface area (Å²) in [6, 6.07) is 20.9. The van der Waals surface area contributed by atoms with E-state index in [2.05, 4.69) is 57.6 Å². The van der Waals surface area contributed by atoms with Gasteiger partial charge >= 0.3 is 0 Å². The van der Waals surface area contributed by atoms with E-state index in [4.69, 9.17) is 0 Å². The lowest BCUT2D eigenvalue weighted by molar-refractivity contribution is -0.118. The van der Waals surface area contributed by atoms with Crippen molar-refractivity contribution in [1.29, 1.82) is 0 Å². The van der Waals surface area contributed by atoms with Gasteiger partial charge in [0.15, 0.2) is 0 Å². The molecule has 1 aliphatic heterocycles. The normalized spacial score (nSPS) is 15.0. The van der Waals surface area contributed by atoms with E-state index in [9.17, 15) is 4.79 Å². The summed E-state index contributed by atoms with van der Waals surface area (Å²) in [5, 5.41) is 3.04. The van der Waals surface area contributed by atoms with Crippen LogP contribution in [0.2, 0.25) is 0 Å². The van der Waals surface area contributed by atoms with E-state index in [-0.39, 0.29) is 5.91 Å². The molecule has 5 heteroatoms. The van der Waals surface area contributed by atoms with E-state index < -0.39 is 0 Å². The Bertz CT molecular complexity index is 657. The van der Waals surface area contributed by atoms with Crippen molar-refractivity contribution < 1.29 is 4.79 Å². The van der Waals surface area contributed by atoms with Crippen LogP contribution in [0.25, 0.3) is 0 Å². The van der Waals surface area contributed by atoms with Crippen molar-refractivity contribution >= 4 is 23.4 Å². The number of anilines is 1. The Hall–Kier alpha value is -1.98. The highest BCUT2D eigenvalue weighted by molar-refractivity contribution is 7.99. The molecule has 0 saturated carbocycles. The molecule has 0 bridgehead atoms. The number of hydrogen-bond donors (Lipinski definition) is 1. The summed E-state index contributed by atoms with van der Waals surface area (Å²) in [5.41, 5.74) is 2.57. The fourth-order valence-electron chi connectivity index (χ4n) is 3.11. The number of thioether (sulfide) groups is 1. The molecule has 1 saturated heterocycles. The van der Waals surface area contributed by atoms with Crippen LogP contribution in [0.4, 0.5) is 5.69 Å². The van der Waals surface area contributed by atoms with Crippen LogP contribution in [0.5, 0.6) is 0 Å². The van der Waals surface area contributed by atoms with Crippen molar-refractivity contribution in [2.75, 3.05) is 49.9 Å². The highest BCUT2D eigenvalue weighted by Gasteiger charge is 2.16. The molecule has 2 aromatic rings. The molecule has 4 nitrogen and oxygen atoms in total. The Labute approximate surface area is 160 Å². The SMILES string of the molecule is O=C(CSCc1ccccc1)NCCN1CCN(c2ccccc2)CC1. The largest absolute Gasteiger partial charge is 0.369 e. The first-order valence-electron chi connectivity index (χ1n) is 9.22. The highest BCUT2D eigenvalue weighted by atomic mass is 32.2. The van der Waals surface area contributed by atoms with Crippen molar-refractivity contribution in [2.24, 2.45) is 0 Å². The van der Waals surface area contributed by atoms with E-state index in [0.29, 0.717) is 5.75 Å². The maximum absolute atomic E-state index is 12.0. The number of nitrogens with zero attached hydrogens (tertiary/aromatic N) is 2. The van der Waals surface area contributed by atoms with Crippen LogP contribution in [0.15, 0.2) is 60.7 Å². The minimum atomic E-state index is 0.133. The Morgan fingerprint density at radius 3 is 2.27 bits per heavy atom. The lowest BCUT2D eigenvalue weighted by Gasteiger charge is -2.36. The van der Waals surface area contributed by atoms with Crippen molar-refractivity contribution in [1.82, 2.24) is 10.2 Å². The topological polar surface area (TPSA) is 35.6 Å². The summed E-state index contributed by atoms with van der Waals surface area (Å²) >= 11 is 1.67. The molecule has 0 unspecified atom stereocenters. The standard InChI is InChI=1S/C21H27N3OS/c25-21(18-26-17-19-7-3-1-4-8-19)22-11-12-23-13-15-24(16-14-23)20-9-5-2-6-10-20/h1-10H,11-18H2,(H,22,25). The summed E-state index contributed by atoms with van der Waals surface area (Å²) in [4.78, 5) is 16.8. The average Bonchev–Trinajstić information content (AvgIpc) is 2.70. The van der Waals surface area contributed by atoms with Gasteiger partial charge in [-0.25, -0.2) is 0 Å². The maximum Gasteiger partial charge on any atom is 0.230 e. The molecule has 3 rings (SSSR count). The molecule has 1 heterocycles. The van der Waals surface area contributed by atoms with Gasteiger partial charge in [-0.05, 0) is 17.7 Å². The number of para-hydroxylation sites is 1. The first-order chi connectivity index (χ1) is 12.8. The Kier molecular flexibility index (Phi) is 7.40. The molecular formula is C21H27N3OS. The highest BCUT2D eigenvalue weighted by Crippen LogP contribution is 2.15. The van der Waals surface area contributed by atoms with Crippen LogP contribution < -0.4 is 10.2 Å². The second kappa shape index (κ2) is 10.2. The third-order valence-corrected chi connectivity index (χ3v) is 5.59. The minimum Gasteiger partial charge on any atom is -0.369 e. The number of carbonyl (C=O) groups excluding carboxylic acids is 1. The number of amides is 1. The van der Waals surface area contributed by atoms with Gasteiger partial charge in [0.2, 0.25) is 5.91 Å². The van der Waals surface area contributed by atoms with Crippen LogP contribution in [-0.4, -0.2) is 55.8 Å². The predicted molar refractivity (Wildman–Crippen MR) is 111 cm³/mol. The van der Waals surface area contributed by atoms with Crippen LogP contribution in [0, 0.1) is 0 Å². The van der Waals surface area contributed by atoms with Crippen LogP contribution >= 0.6 is 11.8 Å². The maximum atomic E-state index is 12.0. The van der Waals surface area contributed by atoms with Crippen molar-refractivity contribution in [2.45, 2.75) is 5.75 Å². The number of carbonyl (C=O) groups is 1. The molecule has 1 amide bonds. The van der Waals surface area contributed by atoms with Gasteiger partial charge in [0.1, 0.15) is 0 Å². The van der Waals surface area contributed by atoms with E-state index >= 15 is 0 Å². The number of rotatable bonds is 8. The lowest BCUT2D eigenvalue weighted by Crippen LogP contribution is -2.48. The van der Waals surface area contributed by atoms with Gasteiger partial charge in [-0.2, -0.15) is 0 Å². The molecule has 0 atom stereocenters. The summed E-state index contributed by atoms with van der Waals surface area (Å²) in [5.74, 6) is 1.54. The van der Waals surface area contributed by atoms with Crippen LogP contribution in [0.1, 0.15) is 5.56 Å². The molecule has 1 fully saturated rings. The number of nitrogens with one attached hydrogen (secondary N) is 1. The summed E-state index contributed by atoms with van der Waals surface area (Å²) in [6.45, 7) is 5.85. The Balaban J connectivity index is 1.26. The monoisotopic (exact) mass is 369 g/mol. The van der Waals surface area contributed by atoms with Crippen LogP contribution in [0.3, 0.4) is 0 Å². The van der Waals surface area contributed by atoms with Gasteiger partial charge in [0.25, 0.3) is 0 Å². The van der Waals surface area contributed by atoms with Crippen molar-refractivity contribution in [3.8, 4) is 0 Å². The van der Waals surface area contributed by atoms with Gasteiger partial charge in [-0.15, -0.1) is 11.8 Å². The molecule has 0 aliphatic carbocycles. The molecule has 2 aromatic carbocycles. The zero-order valence-electron chi connectivity index (χ0n) is 15.1. The quantitative estimate of drug-likeness (QED) is 0.776. The van der Waals surface area contributed by atoms with Crippen molar-refractivity contribution in [3.63, 3.8) is 0 Å². The smallest absolute Gasteiger partial charge is 0.230 e. The van der Waals surface area contributed by atoms with Crippen molar-refractivity contribution in [3.05, 3.63) is 66.2 Å². The molecule has 1 aliphatic rings. The zero-order chi connectivity index (χ0) is 18.0. The van der Waals surface area contributed by atoms with Gasteiger partial charge in [-0.3, -0.25) is 9.69 Å². The lowest BCUT2D eigenvalue weighted by atomic mass is 10.2. The zero-order valence-corrected chi connectivity index (χ0v) is 16.0. The number of hydrogen-bond acceptors (Lipinski definition) is 4.